The monoisotopic (exact) mass is 417 g/mol. The number of rotatable bonds is 5. The molecule has 1 amide bonds. The van der Waals surface area contributed by atoms with E-state index in [1.165, 1.54) is 27.8 Å². The summed E-state index contributed by atoms with van der Waals surface area (Å²) in [6, 6.07) is 11.4. The zero-order chi connectivity index (χ0) is 19.7. The Morgan fingerprint density at radius 3 is 2.64 bits per heavy atom. The van der Waals surface area contributed by atoms with E-state index in [9.17, 15) is 13.2 Å². The number of carbonyl (C=O) groups excluding carboxylic acids is 1. The highest BCUT2D eigenvalue weighted by Crippen LogP contribution is 2.32. The van der Waals surface area contributed by atoms with Crippen molar-refractivity contribution in [2.24, 2.45) is 0 Å². The number of hydrogen-bond acceptors (Lipinski definition) is 5. The lowest BCUT2D eigenvalue weighted by molar-refractivity contribution is -0.116. The molecule has 0 N–H and O–H groups in total. The Balaban J connectivity index is 1.41. The number of benzene rings is 1. The smallest absolute Gasteiger partial charge is 0.244 e. The Labute approximate surface area is 170 Å². The fourth-order valence-electron chi connectivity index (χ4n) is 3.83. The van der Waals surface area contributed by atoms with Crippen LogP contribution in [-0.4, -0.2) is 48.5 Å². The lowest BCUT2D eigenvalue weighted by Gasteiger charge is -2.22. The summed E-state index contributed by atoms with van der Waals surface area (Å²) in [4.78, 5) is 19.1. The second-order valence-corrected chi connectivity index (χ2v) is 10.1. The van der Waals surface area contributed by atoms with Gasteiger partial charge in [0, 0.05) is 31.0 Å². The normalized spacial score (nSPS) is 19.8. The Kier molecular flexibility index (Phi) is 5.44. The molecule has 0 radical (unpaired) electrons. The molecule has 2 aliphatic heterocycles. The second-order valence-electron chi connectivity index (χ2n) is 7.18. The van der Waals surface area contributed by atoms with Gasteiger partial charge in [0.2, 0.25) is 15.9 Å². The average Bonchev–Trinajstić information content (AvgIpc) is 3.34. The van der Waals surface area contributed by atoms with E-state index in [0.717, 1.165) is 24.9 Å². The number of amides is 1. The van der Waals surface area contributed by atoms with Crippen LogP contribution in [0.4, 0.5) is 5.69 Å². The van der Waals surface area contributed by atoms with Gasteiger partial charge in [0.1, 0.15) is 4.90 Å². The maximum Gasteiger partial charge on any atom is 0.244 e. The largest absolute Gasteiger partial charge is 0.308 e. The number of fused-ring (bicyclic) bond motifs is 1. The van der Waals surface area contributed by atoms with Crippen LogP contribution in [0.1, 0.15) is 25.3 Å². The van der Waals surface area contributed by atoms with E-state index >= 15 is 0 Å². The topological polar surface area (TPSA) is 70.6 Å². The molecule has 2 aliphatic rings. The minimum Gasteiger partial charge on any atom is -0.308 e. The summed E-state index contributed by atoms with van der Waals surface area (Å²) in [7, 11) is -3.45. The van der Waals surface area contributed by atoms with Gasteiger partial charge in [-0.05, 0) is 49.9 Å². The van der Waals surface area contributed by atoms with Gasteiger partial charge in [-0.2, -0.15) is 4.31 Å². The molecule has 2 aromatic rings. The SMILES string of the molecule is C[C@H]1Cc2ccccc2N1C(=O)CSc1ccc(S(=O)(=O)N2CCCC2)cn1. The average molecular weight is 418 g/mol. The molecule has 28 heavy (non-hydrogen) atoms. The summed E-state index contributed by atoms with van der Waals surface area (Å²) in [5, 5.41) is 0.647. The minimum absolute atomic E-state index is 0.0398. The van der Waals surface area contributed by atoms with Crippen molar-refractivity contribution in [3.05, 3.63) is 48.2 Å². The Morgan fingerprint density at radius 1 is 1.18 bits per heavy atom. The summed E-state index contributed by atoms with van der Waals surface area (Å²) in [5.41, 5.74) is 2.18. The van der Waals surface area contributed by atoms with Crippen LogP contribution in [0.25, 0.3) is 0 Å². The first kappa shape index (κ1) is 19.4. The van der Waals surface area contributed by atoms with E-state index in [1.54, 1.807) is 12.1 Å². The van der Waals surface area contributed by atoms with Crippen molar-refractivity contribution in [1.82, 2.24) is 9.29 Å². The first-order valence-electron chi connectivity index (χ1n) is 9.46. The molecule has 0 bridgehead atoms. The van der Waals surface area contributed by atoms with Crippen molar-refractivity contribution in [3.8, 4) is 0 Å². The summed E-state index contributed by atoms with van der Waals surface area (Å²) in [6.07, 6.45) is 4.07. The van der Waals surface area contributed by atoms with Crippen LogP contribution in [-0.2, 0) is 21.2 Å². The molecule has 1 aromatic carbocycles. The molecule has 6 nitrogen and oxygen atoms in total. The van der Waals surface area contributed by atoms with Crippen LogP contribution in [0.2, 0.25) is 0 Å². The van der Waals surface area contributed by atoms with E-state index < -0.39 is 10.0 Å². The van der Waals surface area contributed by atoms with Gasteiger partial charge in [0.15, 0.2) is 0 Å². The van der Waals surface area contributed by atoms with E-state index in [2.05, 4.69) is 18.0 Å². The lowest BCUT2D eigenvalue weighted by atomic mass is 10.1. The third kappa shape index (κ3) is 3.68. The van der Waals surface area contributed by atoms with Crippen LogP contribution >= 0.6 is 11.8 Å². The number of hydrogen-bond donors (Lipinski definition) is 0. The zero-order valence-electron chi connectivity index (χ0n) is 15.7. The van der Waals surface area contributed by atoms with E-state index in [4.69, 9.17) is 0 Å². The molecule has 0 spiro atoms. The fourth-order valence-corrected chi connectivity index (χ4v) is 6.00. The highest BCUT2D eigenvalue weighted by molar-refractivity contribution is 7.99. The third-order valence-corrected chi connectivity index (χ3v) is 8.04. The molecule has 1 fully saturated rings. The molecular formula is C20H23N3O3S2. The molecule has 3 heterocycles. The number of thioether (sulfide) groups is 1. The van der Waals surface area contributed by atoms with E-state index in [1.807, 2.05) is 23.1 Å². The molecule has 4 rings (SSSR count). The zero-order valence-corrected chi connectivity index (χ0v) is 17.4. The standard InChI is InChI=1S/C20H23N3O3S2/c1-15-12-16-6-2-3-7-18(16)23(15)20(24)14-27-19-9-8-17(13-21-19)28(25,26)22-10-4-5-11-22/h2-3,6-9,13,15H,4-5,10-12,14H2,1H3/t15-/m0/s1. The maximum atomic E-state index is 12.8. The maximum absolute atomic E-state index is 12.8. The van der Waals surface area contributed by atoms with Gasteiger partial charge in [0.25, 0.3) is 0 Å². The van der Waals surface area contributed by atoms with Gasteiger partial charge in [-0.1, -0.05) is 30.0 Å². The molecular weight excluding hydrogens is 394 g/mol. The fraction of sp³-hybridized carbons (Fsp3) is 0.400. The number of carbonyl (C=O) groups is 1. The predicted octanol–water partition coefficient (Wildman–Crippen LogP) is 2.94. The summed E-state index contributed by atoms with van der Waals surface area (Å²) in [5.74, 6) is 0.308. The lowest BCUT2D eigenvalue weighted by Crippen LogP contribution is -2.36. The van der Waals surface area contributed by atoms with Crippen LogP contribution in [0.5, 0.6) is 0 Å². The molecule has 1 aromatic heterocycles. The Morgan fingerprint density at radius 2 is 1.93 bits per heavy atom. The van der Waals surface area contributed by atoms with Crippen molar-refractivity contribution < 1.29 is 13.2 Å². The quantitative estimate of drug-likeness (QED) is 0.700. The van der Waals surface area contributed by atoms with Crippen molar-refractivity contribution in [1.29, 1.82) is 0 Å². The number of sulfonamides is 1. The highest BCUT2D eigenvalue weighted by Gasteiger charge is 2.30. The van der Waals surface area contributed by atoms with Gasteiger partial charge in [-0.25, -0.2) is 13.4 Å². The molecule has 8 heteroatoms. The van der Waals surface area contributed by atoms with Gasteiger partial charge in [-0.15, -0.1) is 0 Å². The number of pyridine rings is 1. The van der Waals surface area contributed by atoms with Crippen molar-refractivity contribution in [3.63, 3.8) is 0 Å². The summed E-state index contributed by atoms with van der Waals surface area (Å²) >= 11 is 1.33. The van der Waals surface area contributed by atoms with Crippen molar-refractivity contribution in [2.75, 3.05) is 23.7 Å². The molecule has 0 unspecified atom stereocenters. The van der Waals surface area contributed by atoms with Crippen LogP contribution in [0.3, 0.4) is 0 Å². The van der Waals surface area contributed by atoms with Crippen molar-refractivity contribution in [2.45, 2.75) is 42.1 Å². The number of anilines is 1. The number of para-hydroxylation sites is 1. The van der Waals surface area contributed by atoms with Crippen LogP contribution < -0.4 is 4.90 Å². The molecule has 1 atom stereocenters. The Hall–Kier alpha value is -1.90. The van der Waals surface area contributed by atoms with E-state index in [0.29, 0.717) is 18.1 Å². The molecule has 1 saturated heterocycles. The summed E-state index contributed by atoms with van der Waals surface area (Å²) < 4.78 is 26.6. The first-order valence-corrected chi connectivity index (χ1v) is 11.9. The van der Waals surface area contributed by atoms with Gasteiger partial charge >= 0.3 is 0 Å². The van der Waals surface area contributed by atoms with Crippen LogP contribution in [0.15, 0.2) is 52.5 Å². The van der Waals surface area contributed by atoms with Gasteiger partial charge in [-0.3, -0.25) is 4.79 Å². The first-order chi connectivity index (χ1) is 13.5. The van der Waals surface area contributed by atoms with Gasteiger partial charge < -0.3 is 4.90 Å². The molecule has 0 saturated carbocycles. The van der Waals surface area contributed by atoms with Gasteiger partial charge in [0.05, 0.1) is 10.8 Å². The highest BCUT2D eigenvalue weighted by atomic mass is 32.2. The molecule has 0 aliphatic carbocycles. The van der Waals surface area contributed by atoms with E-state index in [-0.39, 0.29) is 22.6 Å². The summed E-state index contributed by atoms with van der Waals surface area (Å²) in [6.45, 7) is 3.20. The minimum atomic E-state index is -3.45. The predicted molar refractivity (Wildman–Crippen MR) is 110 cm³/mol. The molecule has 148 valence electrons. The second kappa shape index (κ2) is 7.85. The Bertz CT molecular complexity index is 970. The number of nitrogens with zero attached hydrogens (tertiary/aromatic N) is 3. The third-order valence-electron chi connectivity index (χ3n) is 5.23. The number of aromatic nitrogens is 1. The van der Waals surface area contributed by atoms with Crippen molar-refractivity contribution >= 4 is 33.4 Å². The van der Waals surface area contributed by atoms with Crippen LogP contribution in [0, 0.1) is 0 Å².